The second-order valence-electron chi connectivity index (χ2n) is 5.04. The first kappa shape index (κ1) is 12.8. The number of benzene rings is 1. The third-order valence-electron chi connectivity index (χ3n) is 3.54. The van der Waals surface area contributed by atoms with Crippen molar-refractivity contribution in [1.82, 2.24) is 4.98 Å². The molecule has 0 amide bonds. The number of nitrogen functional groups attached to an aromatic ring is 1. The van der Waals surface area contributed by atoms with Crippen LogP contribution in [0.4, 0.5) is 20.2 Å². The van der Waals surface area contributed by atoms with Gasteiger partial charge in [-0.05, 0) is 24.3 Å². The molecule has 20 heavy (non-hydrogen) atoms. The summed E-state index contributed by atoms with van der Waals surface area (Å²) in [5.41, 5.74) is 9.08. The van der Waals surface area contributed by atoms with Crippen LogP contribution in [0.25, 0.3) is 11.1 Å². The molecule has 3 rings (SSSR count). The number of nitrogens with two attached hydrogens (primary N) is 1. The third kappa shape index (κ3) is 2.43. The van der Waals surface area contributed by atoms with Crippen LogP contribution in [0.3, 0.4) is 0 Å². The van der Waals surface area contributed by atoms with E-state index in [2.05, 4.69) is 4.98 Å². The molecule has 1 saturated heterocycles. The predicted octanol–water partition coefficient (Wildman–Crippen LogP) is 3.18. The van der Waals surface area contributed by atoms with E-state index in [4.69, 9.17) is 5.73 Å². The van der Waals surface area contributed by atoms with E-state index in [-0.39, 0.29) is 13.0 Å². The zero-order valence-electron chi connectivity index (χ0n) is 10.9. The summed E-state index contributed by atoms with van der Waals surface area (Å²) in [5.74, 6) is -2.60. The van der Waals surface area contributed by atoms with Gasteiger partial charge in [0, 0.05) is 47.9 Å². The molecule has 1 aliphatic rings. The van der Waals surface area contributed by atoms with Crippen molar-refractivity contribution < 1.29 is 8.78 Å². The largest absolute Gasteiger partial charge is 0.398 e. The number of rotatable bonds is 2. The first-order valence-electron chi connectivity index (χ1n) is 6.48. The highest BCUT2D eigenvalue weighted by Gasteiger charge is 2.38. The van der Waals surface area contributed by atoms with E-state index < -0.39 is 5.92 Å². The Balaban J connectivity index is 1.96. The number of pyridine rings is 1. The fourth-order valence-electron chi connectivity index (χ4n) is 2.47. The number of nitrogens with zero attached hydrogens (tertiary/aromatic N) is 2. The summed E-state index contributed by atoms with van der Waals surface area (Å²) in [5, 5.41) is 0. The fourth-order valence-corrected chi connectivity index (χ4v) is 2.47. The maximum atomic E-state index is 13.3. The Kier molecular flexibility index (Phi) is 3.04. The van der Waals surface area contributed by atoms with Crippen LogP contribution in [0.2, 0.25) is 0 Å². The Morgan fingerprint density at radius 3 is 2.75 bits per heavy atom. The molecule has 0 saturated carbocycles. The van der Waals surface area contributed by atoms with Crippen LogP contribution < -0.4 is 10.6 Å². The molecule has 0 atom stereocenters. The molecule has 2 aromatic rings. The fraction of sp³-hybridized carbons (Fsp3) is 0.267. The molecule has 0 aliphatic carbocycles. The van der Waals surface area contributed by atoms with Crippen molar-refractivity contribution in [1.29, 1.82) is 0 Å². The zero-order valence-corrected chi connectivity index (χ0v) is 10.9. The second-order valence-corrected chi connectivity index (χ2v) is 5.04. The van der Waals surface area contributed by atoms with Gasteiger partial charge >= 0.3 is 0 Å². The number of alkyl halides is 2. The van der Waals surface area contributed by atoms with Gasteiger partial charge in [-0.15, -0.1) is 0 Å². The average molecular weight is 275 g/mol. The van der Waals surface area contributed by atoms with Gasteiger partial charge in [0.15, 0.2) is 0 Å². The molecule has 0 spiro atoms. The maximum absolute atomic E-state index is 13.3. The van der Waals surface area contributed by atoms with Crippen molar-refractivity contribution in [3.8, 4) is 11.1 Å². The summed E-state index contributed by atoms with van der Waals surface area (Å²) in [7, 11) is 0. The Labute approximate surface area is 116 Å². The molecule has 1 aliphatic heterocycles. The van der Waals surface area contributed by atoms with Gasteiger partial charge in [0.1, 0.15) is 0 Å². The van der Waals surface area contributed by atoms with Crippen molar-refractivity contribution in [2.75, 3.05) is 23.7 Å². The van der Waals surface area contributed by atoms with Crippen LogP contribution in [0.5, 0.6) is 0 Å². The molecular weight excluding hydrogens is 260 g/mol. The van der Waals surface area contributed by atoms with Crippen molar-refractivity contribution in [2.45, 2.75) is 12.3 Å². The molecule has 2 heterocycles. The second kappa shape index (κ2) is 4.74. The van der Waals surface area contributed by atoms with E-state index >= 15 is 0 Å². The minimum Gasteiger partial charge on any atom is -0.398 e. The number of hydrogen-bond donors (Lipinski definition) is 1. The molecule has 2 N–H and O–H groups in total. The summed E-state index contributed by atoms with van der Waals surface area (Å²) >= 11 is 0. The van der Waals surface area contributed by atoms with E-state index in [1.165, 1.54) is 0 Å². The van der Waals surface area contributed by atoms with Crippen molar-refractivity contribution in [2.24, 2.45) is 0 Å². The smallest absolute Gasteiger partial charge is 0.266 e. The van der Waals surface area contributed by atoms with E-state index in [1.807, 2.05) is 18.2 Å². The number of aromatic nitrogens is 1. The average Bonchev–Trinajstić information content (AvgIpc) is 2.81. The van der Waals surface area contributed by atoms with Gasteiger partial charge in [0.05, 0.1) is 6.54 Å². The summed E-state index contributed by atoms with van der Waals surface area (Å²) in [6.07, 6.45) is 3.30. The van der Waals surface area contributed by atoms with Crippen LogP contribution in [0.15, 0.2) is 42.7 Å². The van der Waals surface area contributed by atoms with Gasteiger partial charge in [-0.2, -0.15) is 0 Å². The lowest BCUT2D eigenvalue weighted by Crippen LogP contribution is -2.24. The summed E-state index contributed by atoms with van der Waals surface area (Å²) in [6, 6.07) is 9.13. The maximum Gasteiger partial charge on any atom is 0.266 e. The molecule has 0 radical (unpaired) electrons. The SMILES string of the molecule is Nc1ccc(N2CCC(F)(F)C2)cc1-c1cccnc1. The van der Waals surface area contributed by atoms with Crippen LogP contribution in [-0.2, 0) is 0 Å². The molecule has 3 nitrogen and oxygen atoms in total. The molecular formula is C15H15F2N3. The highest BCUT2D eigenvalue weighted by molar-refractivity contribution is 5.79. The number of halogens is 2. The number of hydrogen-bond acceptors (Lipinski definition) is 3. The van der Waals surface area contributed by atoms with Crippen LogP contribution in [0, 0.1) is 0 Å². The first-order chi connectivity index (χ1) is 9.55. The molecule has 1 aromatic carbocycles. The van der Waals surface area contributed by atoms with Crippen molar-refractivity contribution >= 4 is 11.4 Å². The van der Waals surface area contributed by atoms with Crippen LogP contribution >= 0.6 is 0 Å². The summed E-state index contributed by atoms with van der Waals surface area (Å²) < 4.78 is 26.6. The minimum atomic E-state index is -2.60. The van der Waals surface area contributed by atoms with Gasteiger partial charge in [-0.1, -0.05) is 6.07 Å². The van der Waals surface area contributed by atoms with Crippen molar-refractivity contribution in [3.05, 3.63) is 42.7 Å². The predicted molar refractivity (Wildman–Crippen MR) is 75.9 cm³/mol. The molecule has 5 heteroatoms. The quantitative estimate of drug-likeness (QED) is 0.856. The highest BCUT2D eigenvalue weighted by Crippen LogP contribution is 2.34. The monoisotopic (exact) mass is 275 g/mol. The topological polar surface area (TPSA) is 42.1 Å². The lowest BCUT2D eigenvalue weighted by Gasteiger charge is -2.20. The molecule has 1 aromatic heterocycles. The molecule has 1 fully saturated rings. The molecule has 0 bridgehead atoms. The minimum absolute atomic E-state index is 0.0976. The lowest BCUT2D eigenvalue weighted by molar-refractivity contribution is 0.0257. The number of anilines is 2. The summed E-state index contributed by atoms with van der Waals surface area (Å²) in [4.78, 5) is 5.76. The lowest BCUT2D eigenvalue weighted by atomic mass is 10.0. The zero-order chi connectivity index (χ0) is 14.2. The van der Waals surface area contributed by atoms with E-state index in [1.54, 1.807) is 29.4 Å². The third-order valence-corrected chi connectivity index (χ3v) is 3.54. The van der Waals surface area contributed by atoms with Crippen molar-refractivity contribution in [3.63, 3.8) is 0 Å². The van der Waals surface area contributed by atoms with Gasteiger partial charge in [0.2, 0.25) is 0 Å². The van der Waals surface area contributed by atoms with Crippen LogP contribution in [0.1, 0.15) is 6.42 Å². The first-order valence-corrected chi connectivity index (χ1v) is 6.48. The van der Waals surface area contributed by atoms with Gasteiger partial charge < -0.3 is 10.6 Å². The van der Waals surface area contributed by atoms with Gasteiger partial charge in [-0.3, -0.25) is 4.98 Å². The normalized spacial score (nSPS) is 17.4. The van der Waals surface area contributed by atoms with Crippen LogP contribution in [-0.4, -0.2) is 24.0 Å². The Morgan fingerprint density at radius 2 is 2.10 bits per heavy atom. The Bertz CT molecular complexity index is 614. The summed E-state index contributed by atoms with van der Waals surface area (Å²) in [6.45, 7) is 0.132. The van der Waals surface area contributed by atoms with E-state index in [9.17, 15) is 8.78 Å². The Morgan fingerprint density at radius 1 is 1.25 bits per heavy atom. The van der Waals surface area contributed by atoms with E-state index in [0.717, 1.165) is 16.8 Å². The Hall–Kier alpha value is -2.17. The van der Waals surface area contributed by atoms with Gasteiger partial charge in [-0.25, -0.2) is 8.78 Å². The molecule has 0 unspecified atom stereocenters. The molecule has 104 valence electrons. The van der Waals surface area contributed by atoms with Gasteiger partial charge in [0.25, 0.3) is 5.92 Å². The standard InChI is InChI=1S/C15H15F2N3/c16-15(17)5-7-20(10-15)12-3-4-14(18)13(8-12)11-2-1-6-19-9-11/h1-4,6,8-9H,5,7,10,18H2. The highest BCUT2D eigenvalue weighted by atomic mass is 19.3. The van der Waals surface area contributed by atoms with E-state index in [0.29, 0.717) is 12.2 Å².